The molecule has 0 saturated heterocycles. The summed E-state index contributed by atoms with van der Waals surface area (Å²) < 4.78 is 2.20. The number of rotatable bonds is 5. The fourth-order valence-electron chi connectivity index (χ4n) is 2.51. The lowest BCUT2D eigenvalue weighted by Crippen LogP contribution is -2.47. The molecule has 20 heavy (non-hydrogen) atoms. The molecule has 0 radical (unpaired) electrons. The fraction of sp³-hybridized carbons (Fsp3) is 0.667. The molecule has 0 atom stereocenters. The molecule has 7 nitrogen and oxygen atoms in total. The van der Waals surface area contributed by atoms with Gasteiger partial charge >= 0.3 is 16.9 Å². The first-order valence-corrected chi connectivity index (χ1v) is 7.17. The van der Waals surface area contributed by atoms with Crippen molar-refractivity contribution in [3.63, 3.8) is 0 Å². The second-order valence-corrected chi connectivity index (χ2v) is 5.56. The van der Waals surface area contributed by atoms with Crippen molar-refractivity contribution in [3.8, 4) is 0 Å². The van der Waals surface area contributed by atoms with Crippen LogP contribution in [-0.2, 0) is 13.1 Å². The maximum absolute atomic E-state index is 12.2. The Morgan fingerprint density at radius 3 is 2.50 bits per heavy atom. The predicted molar refractivity (Wildman–Crippen MR) is 77.4 cm³/mol. The summed E-state index contributed by atoms with van der Waals surface area (Å²) >= 11 is 4.29. The zero-order valence-corrected chi connectivity index (χ0v) is 12.1. The summed E-state index contributed by atoms with van der Waals surface area (Å²) in [6.45, 7) is 2.20. The van der Waals surface area contributed by atoms with E-state index in [0.717, 1.165) is 30.0 Å². The maximum atomic E-state index is 12.2. The molecule has 1 aromatic heterocycles. The first-order chi connectivity index (χ1) is 9.44. The van der Waals surface area contributed by atoms with Gasteiger partial charge in [-0.05, 0) is 30.9 Å². The monoisotopic (exact) mass is 299 g/mol. The van der Waals surface area contributed by atoms with Crippen LogP contribution in [0.2, 0.25) is 0 Å². The van der Waals surface area contributed by atoms with E-state index >= 15 is 0 Å². The van der Waals surface area contributed by atoms with Crippen molar-refractivity contribution in [1.82, 2.24) is 9.13 Å². The highest BCUT2D eigenvalue weighted by molar-refractivity contribution is 7.80. The molecule has 0 N–H and O–H groups in total. The lowest BCUT2D eigenvalue weighted by molar-refractivity contribution is -0.387. The van der Waals surface area contributed by atoms with Gasteiger partial charge in [-0.3, -0.25) is 24.0 Å². The van der Waals surface area contributed by atoms with Gasteiger partial charge in [-0.15, -0.1) is 0 Å². The smallest absolute Gasteiger partial charge is 0.294 e. The Labute approximate surface area is 120 Å². The van der Waals surface area contributed by atoms with Gasteiger partial charge in [0.2, 0.25) is 0 Å². The van der Waals surface area contributed by atoms with Gasteiger partial charge < -0.3 is 0 Å². The topological polar surface area (TPSA) is 87.1 Å². The van der Waals surface area contributed by atoms with Crippen molar-refractivity contribution in [2.75, 3.05) is 5.75 Å². The molecule has 110 valence electrons. The summed E-state index contributed by atoms with van der Waals surface area (Å²) in [5, 5.41) is 10.9. The lowest BCUT2D eigenvalue weighted by atomic mass is 9.70. The van der Waals surface area contributed by atoms with Gasteiger partial charge in [0, 0.05) is 13.1 Å². The van der Waals surface area contributed by atoms with E-state index in [1.165, 1.54) is 4.57 Å². The third-order valence-corrected chi connectivity index (χ3v) is 4.67. The molecule has 1 aliphatic rings. The van der Waals surface area contributed by atoms with Crippen LogP contribution in [0.25, 0.3) is 0 Å². The highest BCUT2D eigenvalue weighted by atomic mass is 32.1. The van der Waals surface area contributed by atoms with E-state index in [-0.39, 0.29) is 18.5 Å². The third kappa shape index (κ3) is 2.39. The van der Waals surface area contributed by atoms with Crippen LogP contribution in [0.1, 0.15) is 26.2 Å². The van der Waals surface area contributed by atoms with Crippen molar-refractivity contribution < 1.29 is 4.92 Å². The van der Waals surface area contributed by atoms with Crippen molar-refractivity contribution in [1.29, 1.82) is 0 Å². The van der Waals surface area contributed by atoms with E-state index in [4.69, 9.17) is 0 Å². The number of nitro groups is 1. The molecular weight excluding hydrogens is 282 g/mol. The number of nitrogens with zero attached hydrogens (tertiary/aromatic N) is 3. The quantitative estimate of drug-likeness (QED) is 0.500. The van der Waals surface area contributed by atoms with Gasteiger partial charge in [0.15, 0.2) is 0 Å². The number of thiol groups is 1. The Morgan fingerprint density at radius 2 is 2.10 bits per heavy atom. The molecule has 1 aromatic rings. The molecule has 0 aromatic carbocycles. The largest absolute Gasteiger partial charge is 0.350 e. The van der Waals surface area contributed by atoms with E-state index in [2.05, 4.69) is 12.6 Å². The Kier molecular flexibility index (Phi) is 4.03. The lowest BCUT2D eigenvalue weighted by Gasteiger charge is -2.40. The van der Waals surface area contributed by atoms with Crippen molar-refractivity contribution >= 4 is 18.3 Å². The molecule has 1 aliphatic carbocycles. The summed E-state index contributed by atoms with van der Waals surface area (Å²) in [5.74, 6) is 0.563. The molecule has 1 fully saturated rings. The summed E-state index contributed by atoms with van der Waals surface area (Å²) in [5.41, 5.74) is -2.05. The van der Waals surface area contributed by atoms with Crippen LogP contribution in [0.4, 0.5) is 5.69 Å². The minimum absolute atomic E-state index is 0.188. The van der Waals surface area contributed by atoms with Crippen LogP contribution < -0.4 is 11.2 Å². The Bertz CT molecular complexity index is 640. The molecule has 2 rings (SSSR count). The second-order valence-electron chi connectivity index (χ2n) is 5.24. The van der Waals surface area contributed by atoms with E-state index in [9.17, 15) is 19.7 Å². The SMILES string of the molecule is CCn1cc([N+](=O)[O-])c(=O)n(CC2(CS)CCC2)c1=O. The van der Waals surface area contributed by atoms with Gasteiger partial charge in [-0.2, -0.15) is 12.6 Å². The van der Waals surface area contributed by atoms with Crippen LogP contribution >= 0.6 is 12.6 Å². The van der Waals surface area contributed by atoms with Gasteiger partial charge in [0.05, 0.1) is 11.1 Å². The zero-order chi connectivity index (χ0) is 14.9. The number of hydrogen-bond donors (Lipinski definition) is 1. The van der Waals surface area contributed by atoms with Crippen LogP contribution in [-0.4, -0.2) is 19.8 Å². The Hall–Kier alpha value is -1.57. The summed E-state index contributed by atoms with van der Waals surface area (Å²) in [6, 6.07) is 0. The Balaban J connectivity index is 2.56. The van der Waals surface area contributed by atoms with E-state index in [1.54, 1.807) is 6.92 Å². The normalized spacial score (nSPS) is 16.7. The summed E-state index contributed by atoms with van der Waals surface area (Å²) in [6.07, 6.45) is 3.83. The van der Waals surface area contributed by atoms with Gasteiger partial charge in [0.1, 0.15) is 0 Å². The van der Waals surface area contributed by atoms with Crippen molar-refractivity contribution in [2.45, 2.75) is 39.3 Å². The molecule has 0 spiro atoms. The van der Waals surface area contributed by atoms with E-state index in [1.807, 2.05) is 0 Å². The number of aromatic nitrogens is 2. The average Bonchev–Trinajstić information content (AvgIpc) is 2.37. The maximum Gasteiger partial charge on any atom is 0.350 e. The molecule has 1 heterocycles. The second kappa shape index (κ2) is 5.43. The number of aryl methyl sites for hydroxylation is 1. The first kappa shape index (κ1) is 14.8. The first-order valence-electron chi connectivity index (χ1n) is 6.53. The summed E-state index contributed by atoms with van der Waals surface area (Å²) in [7, 11) is 0. The highest BCUT2D eigenvalue weighted by Crippen LogP contribution is 2.42. The van der Waals surface area contributed by atoms with Crippen LogP contribution in [0, 0.1) is 15.5 Å². The fourth-order valence-corrected chi connectivity index (χ4v) is 2.92. The van der Waals surface area contributed by atoms with Crippen LogP contribution in [0.15, 0.2) is 15.8 Å². The molecule has 0 amide bonds. The van der Waals surface area contributed by atoms with Crippen LogP contribution in [0.5, 0.6) is 0 Å². The van der Waals surface area contributed by atoms with Gasteiger partial charge in [-0.1, -0.05) is 6.42 Å². The predicted octanol–water partition coefficient (Wildman–Crippen LogP) is 1.04. The molecule has 8 heteroatoms. The van der Waals surface area contributed by atoms with Crippen molar-refractivity contribution in [2.24, 2.45) is 5.41 Å². The molecule has 0 unspecified atom stereocenters. The van der Waals surface area contributed by atoms with E-state index < -0.39 is 21.9 Å². The molecule has 1 saturated carbocycles. The average molecular weight is 299 g/mol. The molecule has 0 bridgehead atoms. The van der Waals surface area contributed by atoms with Gasteiger partial charge in [-0.25, -0.2) is 4.79 Å². The molecular formula is C12H17N3O4S. The minimum atomic E-state index is -0.822. The van der Waals surface area contributed by atoms with E-state index in [0.29, 0.717) is 5.75 Å². The highest BCUT2D eigenvalue weighted by Gasteiger charge is 2.37. The van der Waals surface area contributed by atoms with Gasteiger partial charge in [0.25, 0.3) is 0 Å². The Morgan fingerprint density at radius 1 is 1.45 bits per heavy atom. The standard InChI is InChI=1S/C12H17N3O4S/c1-2-13-6-9(15(18)19)10(16)14(11(13)17)7-12(8-20)4-3-5-12/h6,20H,2-5,7-8H2,1H3. The van der Waals surface area contributed by atoms with Crippen molar-refractivity contribution in [3.05, 3.63) is 37.1 Å². The number of hydrogen-bond acceptors (Lipinski definition) is 5. The minimum Gasteiger partial charge on any atom is -0.294 e. The summed E-state index contributed by atoms with van der Waals surface area (Å²) in [4.78, 5) is 34.5. The third-order valence-electron chi connectivity index (χ3n) is 4.00. The van der Waals surface area contributed by atoms with Crippen LogP contribution in [0.3, 0.4) is 0 Å². The molecule has 0 aliphatic heterocycles. The zero-order valence-electron chi connectivity index (χ0n) is 11.2.